The van der Waals surface area contributed by atoms with E-state index in [4.69, 9.17) is 9.84 Å². The number of carbonyl (C=O) groups excluding carboxylic acids is 1. The molecule has 0 aliphatic heterocycles. The Kier molecular flexibility index (Phi) is 6.25. The van der Waals surface area contributed by atoms with Crippen molar-refractivity contribution >= 4 is 6.29 Å². The number of aldehydes is 1. The molecule has 94 valence electrons. The molecule has 1 aliphatic rings. The molecule has 0 bridgehead atoms. The third-order valence-corrected chi connectivity index (χ3v) is 2.63. The van der Waals surface area contributed by atoms with Crippen molar-refractivity contribution in [2.75, 3.05) is 7.11 Å². The zero-order valence-electron chi connectivity index (χ0n) is 10.1. The lowest BCUT2D eigenvalue weighted by Crippen LogP contribution is -2.15. The van der Waals surface area contributed by atoms with Gasteiger partial charge in [-0.2, -0.15) is 0 Å². The molecule has 0 aromatic carbocycles. The van der Waals surface area contributed by atoms with E-state index < -0.39 is 0 Å². The minimum Gasteiger partial charge on any atom is -0.495 e. The Bertz CT molecular complexity index is 320. The summed E-state index contributed by atoms with van der Waals surface area (Å²) < 4.78 is 4.94. The lowest BCUT2D eigenvalue weighted by molar-refractivity contribution is -0.107. The highest BCUT2D eigenvalue weighted by Crippen LogP contribution is 2.16. The molecular formula is C13H19NO3. The third kappa shape index (κ3) is 5.45. The van der Waals surface area contributed by atoms with Crippen LogP contribution >= 0.6 is 0 Å². The van der Waals surface area contributed by atoms with Gasteiger partial charge in [-0.3, -0.25) is 4.98 Å². The van der Waals surface area contributed by atoms with Gasteiger partial charge in [0, 0.05) is 12.1 Å². The SMILES string of the molecule is COc1ccc(CCC=O)nc1.OC1CCC1. The fourth-order valence-corrected chi connectivity index (χ4v) is 1.27. The summed E-state index contributed by atoms with van der Waals surface area (Å²) in [5.74, 6) is 0.741. The Morgan fingerprint density at radius 2 is 2.24 bits per heavy atom. The summed E-state index contributed by atoms with van der Waals surface area (Å²) in [7, 11) is 1.60. The monoisotopic (exact) mass is 237 g/mol. The number of ether oxygens (including phenoxy) is 1. The van der Waals surface area contributed by atoms with Gasteiger partial charge in [0.05, 0.1) is 19.4 Å². The predicted molar refractivity (Wildman–Crippen MR) is 65.0 cm³/mol. The molecule has 1 aliphatic carbocycles. The summed E-state index contributed by atoms with van der Waals surface area (Å²) in [6.07, 6.45) is 7.16. The molecule has 0 unspecified atom stereocenters. The van der Waals surface area contributed by atoms with Gasteiger partial charge in [0.1, 0.15) is 12.0 Å². The summed E-state index contributed by atoms with van der Waals surface area (Å²) in [6, 6.07) is 3.70. The van der Waals surface area contributed by atoms with Crippen LogP contribution in [0.3, 0.4) is 0 Å². The van der Waals surface area contributed by atoms with Crippen molar-refractivity contribution in [3.63, 3.8) is 0 Å². The first-order valence-electron chi connectivity index (χ1n) is 5.87. The van der Waals surface area contributed by atoms with Gasteiger partial charge < -0.3 is 14.6 Å². The zero-order chi connectivity index (χ0) is 12.5. The number of pyridine rings is 1. The molecular weight excluding hydrogens is 218 g/mol. The van der Waals surface area contributed by atoms with Gasteiger partial charge in [-0.25, -0.2) is 0 Å². The number of carbonyl (C=O) groups is 1. The van der Waals surface area contributed by atoms with Crippen molar-refractivity contribution in [2.45, 2.75) is 38.2 Å². The van der Waals surface area contributed by atoms with Crippen molar-refractivity contribution < 1.29 is 14.6 Å². The minimum atomic E-state index is 0.0648. The Hall–Kier alpha value is -1.42. The van der Waals surface area contributed by atoms with Gasteiger partial charge in [0.15, 0.2) is 0 Å². The Labute approximate surface area is 102 Å². The van der Waals surface area contributed by atoms with E-state index in [2.05, 4.69) is 4.98 Å². The standard InChI is InChI=1S/C9H11NO2.C4H8O/c1-12-9-5-4-8(10-7-9)3-2-6-11;5-4-2-1-3-4/h4-7H,2-3H2,1H3;4-5H,1-3H2. The summed E-state index contributed by atoms with van der Waals surface area (Å²) in [5.41, 5.74) is 0.919. The molecule has 4 heteroatoms. The summed E-state index contributed by atoms with van der Waals surface area (Å²) in [6.45, 7) is 0. The fraction of sp³-hybridized carbons (Fsp3) is 0.538. The first kappa shape index (κ1) is 13.6. The maximum Gasteiger partial charge on any atom is 0.137 e. The van der Waals surface area contributed by atoms with Crippen LogP contribution in [0.4, 0.5) is 0 Å². The maximum atomic E-state index is 10.0. The first-order valence-corrected chi connectivity index (χ1v) is 5.87. The second kappa shape index (κ2) is 7.79. The number of aryl methyl sites for hydroxylation is 1. The van der Waals surface area contributed by atoms with Crippen molar-refractivity contribution in [2.24, 2.45) is 0 Å². The van der Waals surface area contributed by atoms with Crippen LogP contribution in [-0.4, -0.2) is 29.6 Å². The van der Waals surface area contributed by atoms with E-state index in [1.54, 1.807) is 13.3 Å². The number of aliphatic hydroxyl groups is 1. The molecule has 2 rings (SSSR count). The summed E-state index contributed by atoms with van der Waals surface area (Å²) >= 11 is 0. The summed E-state index contributed by atoms with van der Waals surface area (Å²) in [5, 5.41) is 8.45. The van der Waals surface area contributed by atoms with E-state index in [0.29, 0.717) is 12.8 Å². The quantitative estimate of drug-likeness (QED) is 0.810. The minimum absolute atomic E-state index is 0.0648. The summed E-state index contributed by atoms with van der Waals surface area (Å²) in [4.78, 5) is 14.2. The van der Waals surface area contributed by atoms with E-state index in [9.17, 15) is 4.79 Å². The molecule has 1 saturated carbocycles. The topological polar surface area (TPSA) is 59.4 Å². The molecule has 0 saturated heterocycles. The van der Waals surface area contributed by atoms with E-state index in [1.165, 1.54) is 6.42 Å². The fourth-order valence-electron chi connectivity index (χ4n) is 1.27. The van der Waals surface area contributed by atoms with Crippen LogP contribution in [0.1, 0.15) is 31.4 Å². The van der Waals surface area contributed by atoms with Crippen LogP contribution in [0.5, 0.6) is 5.75 Å². The second-order valence-corrected chi connectivity index (χ2v) is 3.98. The molecule has 0 radical (unpaired) electrons. The molecule has 1 heterocycles. The molecule has 1 aromatic rings. The average Bonchev–Trinajstić information content (AvgIpc) is 2.35. The molecule has 1 fully saturated rings. The van der Waals surface area contributed by atoms with E-state index in [0.717, 1.165) is 30.6 Å². The van der Waals surface area contributed by atoms with Gasteiger partial charge >= 0.3 is 0 Å². The molecule has 4 nitrogen and oxygen atoms in total. The smallest absolute Gasteiger partial charge is 0.137 e. The number of nitrogens with zero attached hydrogens (tertiary/aromatic N) is 1. The second-order valence-electron chi connectivity index (χ2n) is 3.98. The van der Waals surface area contributed by atoms with Gasteiger partial charge in [0.2, 0.25) is 0 Å². The number of rotatable bonds is 4. The van der Waals surface area contributed by atoms with E-state index in [1.807, 2.05) is 12.1 Å². The van der Waals surface area contributed by atoms with E-state index in [-0.39, 0.29) is 6.10 Å². The predicted octanol–water partition coefficient (Wildman–Crippen LogP) is 1.75. The number of methoxy groups -OCH3 is 1. The highest BCUT2D eigenvalue weighted by atomic mass is 16.5. The van der Waals surface area contributed by atoms with Crippen molar-refractivity contribution in [3.05, 3.63) is 24.0 Å². The highest BCUT2D eigenvalue weighted by Gasteiger charge is 2.11. The number of hydrogen-bond acceptors (Lipinski definition) is 4. The molecule has 1 N–H and O–H groups in total. The zero-order valence-corrected chi connectivity index (χ0v) is 10.1. The van der Waals surface area contributed by atoms with Crippen molar-refractivity contribution in [1.82, 2.24) is 4.98 Å². The third-order valence-electron chi connectivity index (χ3n) is 2.63. The first-order chi connectivity index (χ1) is 8.26. The number of aliphatic hydroxyl groups excluding tert-OH is 1. The highest BCUT2D eigenvalue weighted by molar-refractivity contribution is 5.49. The van der Waals surface area contributed by atoms with Crippen LogP contribution in [0, 0.1) is 0 Å². The normalized spacial score (nSPS) is 14.2. The lowest BCUT2D eigenvalue weighted by atomic mass is 9.97. The van der Waals surface area contributed by atoms with Crippen LogP contribution in [-0.2, 0) is 11.2 Å². The van der Waals surface area contributed by atoms with Crippen molar-refractivity contribution in [3.8, 4) is 5.75 Å². The van der Waals surface area contributed by atoms with Crippen LogP contribution in [0.25, 0.3) is 0 Å². The molecule has 0 amide bonds. The largest absolute Gasteiger partial charge is 0.495 e. The van der Waals surface area contributed by atoms with E-state index >= 15 is 0 Å². The molecule has 0 atom stereocenters. The maximum absolute atomic E-state index is 10.0. The number of aromatic nitrogens is 1. The van der Waals surface area contributed by atoms with Gasteiger partial charge in [-0.05, 0) is 37.8 Å². The van der Waals surface area contributed by atoms with Gasteiger partial charge in [0.25, 0.3) is 0 Å². The van der Waals surface area contributed by atoms with Crippen molar-refractivity contribution in [1.29, 1.82) is 0 Å². The van der Waals surface area contributed by atoms with Gasteiger partial charge in [-0.15, -0.1) is 0 Å². The number of hydrogen-bond donors (Lipinski definition) is 1. The van der Waals surface area contributed by atoms with Gasteiger partial charge in [-0.1, -0.05) is 0 Å². The molecule has 1 aromatic heterocycles. The molecule has 17 heavy (non-hydrogen) atoms. The van der Waals surface area contributed by atoms with Crippen LogP contribution < -0.4 is 4.74 Å². The lowest BCUT2D eigenvalue weighted by Gasteiger charge is -2.17. The van der Waals surface area contributed by atoms with Crippen LogP contribution in [0.2, 0.25) is 0 Å². The Morgan fingerprint density at radius 3 is 2.59 bits per heavy atom. The molecule has 0 spiro atoms. The Morgan fingerprint density at radius 1 is 1.53 bits per heavy atom. The van der Waals surface area contributed by atoms with Crippen LogP contribution in [0.15, 0.2) is 18.3 Å². The average molecular weight is 237 g/mol. The Balaban J connectivity index is 0.000000239.